The summed E-state index contributed by atoms with van der Waals surface area (Å²) in [7, 11) is -2.53. The number of ether oxygens (including phenoxy) is 1. The minimum atomic E-state index is -3.95. The van der Waals surface area contributed by atoms with Crippen molar-refractivity contribution in [1.82, 2.24) is 0 Å². The largest absolute Gasteiger partial charge is 0.496 e. The zero-order valence-electron chi connectivity index (χ0n) is 11.2. The number of hydrogen-bond donors (Lipinski definition) is 2. The van der Waals surface area contributed by atoms with Gasteiger partial charge in [0.05, 0.1) is 24.3 Å². The van der Waals surface area contributed by atoms with Gasteiger partial charge in [0.1, 0.15) is 11.6 Å². The van der Waals surface area contributed by atoms with E-state index in [1.165, 1.54) is 43.5 Å². The smallest absolute Gasteiger partial charge is 0.262 e. The molecule has 21 heavy (non-hydrogen) atoms. The maximum atomic E-state index is 13.5. The van der Waals surface area contributed by atoms with Crippen LogP contribution in [0.3, 0.4) is 0 Å². The highest BCUT2D eigenvalue weighted by atomic mass is 32.2. The van der Waals surface area contributed by atoms with Crippen LogP contribution in [0.25, 0.3) is 0 Å². The number of methoxy groups -OCH3 is 1. The van der Waals surface area contributed by atoms with E-state index in [2.05, 4.69) is 4.72 Å². The van der Waals surface area contributed by atoms with Crippen molar-refractivity contribution >= 4 is 15.7 Å². The highest BCUT2D eigenvalue weighted by molar-refractivity contribution is 7.92. The molecule has 2 rings (SSSR count). The number of para-hydroxylation sites is 1. The van der Waals surface area contributed by atoms with Crippen molar-refractivity contribution in [2.75, 3.05) is 11.8 Å². The second-order valence-corrected chi connectivity index (χ2v) is 5.90. The van der Waals surface area contributed by atoms with E-state index >= 15 is 0 Å². The van der Waals surface area contributed by atoms with Crippen molar-refractivity contribution in [3.8, 4) is 5.75 Å². The molecule has 5 nitrogen and oxygen atoms in total. The molecule has 0 aromatic heterocycles. The Balaban J connectivity index is 2.38. The number of hydrogen-bond acceptors (Lipinski definition) is 4. The molecule has 2 aromatic carbocycles. The molecule has 0 aliphatic heterocycles. The summed E-state index contributed by atoms with van der Waals surface area (Å²) in [6.45, 7) is -0.369. The summed E-state index contributed by atoms with van der Waals surface area (Å²) >= 11 is 0. The van der Waals surface area contributed by atoms with Gasteiger partial charge in [-0.05, 0) is 30.3 Å². The van der Waals surface area contributed by atoms with Gasteiger partial charge >= 0.3 is 0 Å². The van der Waals surface area contributed by atoms with Crippen LogP contribution >= 0.6 is 0 Å². The van der Waals surface area contributed by atoms with Crippen molar-refractivity contribution in [2.45, 2.75) is 11.5 Å². The molecule has 0 unspecified atom stereocenters. The van der Waals surface area contributed by atoms with Gasteiger partial charge in [-0.25, -0.2) is 12.8 Å². The molecule has 2 aromatic rings. The maximum Gasteiger partial charge on any atom is 0.262 e. The zero-order chi connectivity index (χ0) is 15.5. The van der Waals surface area contributed by atoms with Gasteiger partial charge in [0.2, 0.25) is 0 Å². The third kappa shape index (κ3) is 3.32. The number of benzene rings is 2. The van der Waals surface area contributed by atoms with Crippen LogP contribution < -0.4 is 9.46 Å². The fourth-order valence-corrected chi connectivity index (χ4v) is 2.91. The lowest BCUT2D eigenvalue weighted by Crippen LogP contribution is -2.14. The van der Waals surface area contributed by atoms with Gasteiger partial charge in [-0.2, -0.15) is 0 Å². The topological polar surface area (TPSA) is 75.6 Å². The number of sulfonamides is 1. The first-order valence-electron chi connectivity index (χ1n) is 6.03. The van der Waals surface area contributed by atoms with E-state index < -0.39 is 15.8 Å². The van der Waals surface area contributed by atoms with Gasteiger partial charge in [0, 0.05) is 5.56 Å². The Kier molecular flexibility index (Phi) is 4.44. The molecule has 0 aliphatic rings. The predicted octanol–water partition coefficient (Wildman–Crippen LogP) is 2.13. The quantitative estimate of drug-likeness (QED) is 0.887. The Morgan fingerprint density at radius 2 is 1.95 bits per heavy atom. The highest BCUT2D eigenvalue weighted by Gasteiger charge is 2.18. The van der Waals surface area contributed by atoms with E-state index in [1.54, 1.807) is 0 Å². The molecule has 0 spiro atoms. The SMILES string of the molecule is COc1ccc(S(=O)(=O)Nc2ccccc2F)cc1CO. The standard InChI is InChI=1S/C14H14FNO4S/c1-20-14-7-6-11(8-10(14)9-17)21(18,19)16-13-5-3-2-4-12(13)15/h2-8,16-17H,9H2,1H3. The van der Waals surface area contributed by atoms with Crippen LogP contribution in [0.15, 0.2) is 47.4 Å². The van der Waals surface area contributed by atoms with Crippen molar-refractivity contribution < 1.29 is 22.7 Å². The fraction of sp³-hybridized carbons (Fsp3) is 0.143. The summed E-state index contributed by atoms with van der Waals surface area (Å²) in [5.74, 6) is -0.292. The lowest BCUT2D eigenvalue weighted by atomic mass is 10.2. The van der Waals surface area contributed by atoms with E-state index in [4.69, 9.17) is 4.74 Å². The van der Waals surface area contributed by atoms with Gasteiger partial charge in [-0.3, -0.25) is 4.72 Å². The molecule has 7 heteroatoms. The van der Waals surface area contributed by atoms with Gasteiger partial charge in [-0.15, -0.1) is 0 Å². The van der Waals surface area contributed by atoms with Crippen molar-refractivity contribution in [2.24, 2.45) is 0 Å². The molecule has 0 saturated carbocycles. The minimum absolute atomic E-state index is 0.0874. The molecule has 0 amide bonds. The van der Waals surface area contributed by atoms with Crippen LogP contribution in [-0.4, -0.2) is 20.6 Å². The summed E-state index contributed by atoms with van der Waals surface area (Å²) in [6.07, 6.45) is 0. The summed E-state index contributed by atoms with van der Waals surface area (Å²) in [5.41, 5.74) is 0.188. The molecule has 0 saturated heterocycles. The first-order chi connectivity index (χ1) is 9.97. The number of aliphatic hydroxyl groups excluding tert-OH is 1. The number of aliphatic hydroxyl groups is 1. The molecular weight excluding hydrogens is 297 g/mol. The third-order valence-corrected chi connectivity index (χ3v) is 4.21. The summed E-state index contributed by atoms with van der Waals surface area (Å²) in [6, 6.07) is 9.50. The Morgan fingerprint density at radius 1 is 1.24 bits per heavy atom. The average Bonchev–Trinajstić information content (AvgIpc) is 2.48. The van der Waals surface area contributed by atoms with E-state index in [1.807, 2.05) is 0 Å². The molecule has 0 fully saturated rings. The average molecular weight is 311 g/mol. The maximum absolute atomic E-state index is 13.5. The third-order valence-electron chi connectivity index (χ3n) is 2.85. The van der Waals surface area contributed by atoms with Crippen LogP contribution in [-0.2, 0) is 16.6 Å². The molecule has 0 atom stereocenters. The van der Waals surface area contributed by atoms with Crippen LogP contribution in [0, 0.1) is 5.82 Å². The Morgan fingerprint density at radius 3 is 2.57 bits per heavy atom. The van der Waals surface area contributed by atoms with Gasteiger partial charge in [0.15, 0.2) is 0 Å². The van der Waals surface area contributed by atoms with Gasteiger partial charge in [0.25, 0.3) is 10.0 Å². The first kappa shape index (κ1) is 15.3. The molecule has 112 valence electrons. The Labute approximate surface area is 122 Å². The van der Waals surface area contributed by atoms with Crippen molar-refractivity contribution in [3.63, 3.8) is 0 Å². The van der Waals surface area contributed by atoms with Crippen LogP contribution in [0.2, 0.25) is 0 Å². The van der Waals surface area contributed by atoms with E-state index in [0.29, 0.717) is 11.3 Å². The van der Waals surface area contributed by atoms with Crippen molar-refractivity contribution in [1.29, 1.82) is 0 Å². The lowest BCUT2D eigenvalue weighted by Gasteiger charge is -2.11. The van der Waals surface area contributed by atoms with E-state index in [-0.39, 0.29) is 17.2 Å². The highest BCUT2D eigenvalue weighted by Crippen LogP contribution is 2.24. The molecular formula is C14H14FNO4S. The van der Waals surface area contributed by atoms with Gasteiger partial charge < -0.3 is 9.84 Å². The zero-order valence-corrected chi connectivity index (χ0v) is 12.0. The predicted molar refractivity (Wildman–Crippen MR) is 76.1 cm³/mol. The van der Waals surface area contributed by atoms with Crippen LogP contribution in [0.1, 0.15) is 5.56 Å². The Hall–Kier alpha value is -2.12. The number of anilines is 1. The van der Waals surface area contributed by atoms with Crippen LogP contribution in [0.5, 0.6) is 5.75 Å². The van der Waals surface area contributed by atoms with E-state index in [9.17, 15) is 17.9 Å². The monoisotopic (exact) mass is 311 g/mol. The van der Waals surface area contributed by atoms with Gasteiger partial charge in [-0.1, -0.05) is 12.1 Å². The second kappa shape index (κ2) is 6.11. The summed E-state index contributed by atoms with van der Waals surface area (Å²) in [4.78, 5) is -0.0874. The van der Waals surface area contributed by atoms with Crippen molar-refractivity contribution in [3.05, 3.63) is 53.8 Å². The minimum Gasteiger partial charge on any atom is -0.496 e. The summed E-state index contributed by atoms with van der Waals surface area (Å²) in [5, 5.41) is 9.22. The summed E-state index contributed by atoms with van der Waals surface area (Å²) < 4.78 is 45.1. The Bertz CT molecular complexity index is 746. The molecule has 0 radical (unpaired) electrons. The van der Waals surface area contributed by atoms with E-state index in [0.717, 1.165) is 6.07 Å². The van der Waals surface area contributed by atoms with Crippen LogP contribution in [0.4, 0.5) is 10.1 Å². The molecule has 0 bridgehead atoms. The number of rotatable bonds is 5. The lowest BCUT2D eigenvalue weighted by molar-refractivity contribution is 0.273. The second-order valence-electron chi connectivity index (χ2n) is 4.22. The normalized spacial score (nSPS) is 11.2. The first-order valence-corrected chi connectivity index (χ1v) is 7.51. The molecule has 0 aliphatic carbocycles. The molecule has 2 N–H and O–H groups in total. The molecule has 0 heterocycles. The number of nitrogens with one attached hydrogen (secondary N) is 1. The number of halogens is 1. The fourth-order valence-electron chi connectivity index (χ4n) is 1.79.